The van der Waals surface area contributed by atoms with E-state index in [1.807, 2.05) is 37.1 Å². The van der Waals surface area contributed by atoms with Gasteiger partial charge < -0.3 is 19.5 Å². The number of anilines is 1. The van der Waals surface area contributed by atoms with E-state index in [4.69, 9.17) is 21.3 Å². The van der Waals surface area contributed by atoms with Crippen LogP contribution >= 0.6 is 11.6 Å². The van der Waals surface area contributed by atoms with Crippen LogP contribution in [0.15, 0.2) is 42.5 Å². The van der Waals surface area contributed by atoms with Crippen LogP contribution in [0.25, 0.3) is 11.0 Å². The number of hydrogen-bond donors (Lipinski definition) is 1. The van der Waals surface area contributed by atoms with Gasteiger partial charge in [-0.05, 0) is 42.5 Å². The molecule has 0 bridgehead atoms. The second-order valence-corrected chi connectivity index (χ2v) is 8.53. The highest BCUT2D eigenvalue weighted by Gasteiger charge is 2.21. The first-order valence-electron chi connectivity index (χ1n) is 11.1. The minimum absolute atomic E-state index is 0.0976. The summed E-state index contributed by atoms with van der Waals surface area (Å²) < 4.78 is 7.58. The van der Waals surface area contributed by atoms with Gasteiger partial charge in [-0.2, -0.15) is 0 Å². The number of carbonyl (C=O) groups is 2. The topological polar surface area (TPSA) is 79.7 Å². The molecule has 1 N–H and O–H groups in total. The molecule has 3 aromatic rings. The summed E-state index contributed by atoms with van der Waals surface area (Å²) in [6.45, 7) is 5.71. The molecule has 2 heterocycles. The Morgan fingerprint density at radius 3 is 2.52 bits per heavy atom. The third-order valence-corrected chi connectivity index (χ3v) is 6.09. The van der Waals surface area contributed by atoms with E-state index in [1.165, 1.54) is 0 Å². The van der Waals surface area contributed by atoms with Crippen LogP contribution in [0, 0.1) is 0 Å². The Kier molecular flexibility index (Phi) is 7.15. The number of nitrogens with one attached hydrogen (secondary N) is 1. The van der Waals surface area contributed by atoms with E-state index in [1.54, 1.807) is 24.3 Å². The predicted octanol–water partition coefficient (Wildman–Crippen LogP) is 3.30. The molecule has 8 nitrogen and oxygen atoms in total. The number of imidazole rings is 1. The number of hydrogen-bond acceptors (Lipinski definition) is 5. The summed E-state index contributed by atoms with van der Waals surface area (Å²) in [4.78, 5) is 33.2. The second-order valence-electron chi connectivity index (χ2n) is 8.09. The predicted molar refractivity (Wildman–Crippen MR) is 128 cm³/mol. The first kappa shape index (κ1) is 23.1. The number of amides is 2. The van der Waals surface area contributed by atoms with Gasteiger partial charge in [0.15, 0.2) is 6.61 Å². The summed E-state index contributed by atoms with van der Waals surface area (Å²) in [5.74, 6) is 1.50. The highest BCUT2D eigenvalue weighted by molar-refractivity contribution is 6.30. The van der Waals surface area contributed by atoms with Gasteiger partial charge in [-0.3, -0.25) is 14.5 Å². The zero-order valence-corrected chi connectivity index (χ0v) is 19.6. The van der Waals surface area contributed by atoms with Crippen molar-refractivity contribution in [2.75, 3.05) is 38.1 Å². The number of rotatable bonds is 7. The minimum Gasteiger partial charge on any atom is -0.484 e. The van der Waals surface area contributed by atoms with Crippen molar-refractivity contribution in [1.29, 1.82) is 0 Å². The summed E-state index contributed by atoms with van der Waals surface area (Å²) in [5.41, 5.74) is 2.49. The monoisotopic (exact) mass is 469 g/mol. The fraction of sp³-hybridized carbons (Fsp3) is 0.375. The molecule has 0 saturated carbocycles. The van der Waals surface area contributed by atoms with E-state index in [0.717, 1.165) is 49.6 Å². The quantitative estimate of drug-likeness (QED) is 0.574. The summed E-state index contributed by atoms with van der Waals surface area (Å²) in [7, 11) is 2.00. The van der Waals surface area contributed by atoms with Crippen LogP contribution in [-0.4, -0.2) is 64.0 Å². The Bertz CT molecular complexity index is 1140. The van der Waals surface area contributed by atoms with Crippen LogP contribution in [0.3, 0.4) is 0 Å². The van der Waals surface area contributed by atoms with Gasteiger partial charge in [-0.1, -0.05) is 18.5 Å². The largest absolute Gasteiger partial charge is 0.484 e. The molecule has 1 aliphatic rings. The van der Waals surface area contributed by atoms with Crippen LogP contribution in [0.1, 0.15) is 19.2 Å². The molecular formula is C24H28ClN5O3. The lowest BCUT2D eigenvalue weighted by Gasteiger charge is -2.34. The summed E-state index contributed by atoms with van der Waals surface area (Å²) in [6.07, 6.45) is 0.552. The molecule has 174 valence electrons. The van der Waals surface area contributed by atoms with Crippen molar-refractivity contribution < 1.29 is 14.3 Å². The molecule has 0 atom stereocenters. The molecular weight excluding hydrogens is 442 g/mol. The molecule has 1 aromatic heterocycles. The molecule has 1 aliphatic heterocycles. The number of aromatic nitrogens is 2. The molecule has 0 radical (unpaired) electrons. The van der Waals surface area contributed by atoms with E-state index in [9.17, 15) is 9.59 Å². The number of fused-ring (bicyclic) bond motifs is 1. The van der Waals surface area contributed by atoms with E-state index in [0.29, 0.717) is 22.9 Å². The molecule has 33 heavy (non-hydrogen) atoms. The Labute approximate surface area is 198 Å². The molecule has 2 amide bonds. The smallest absolute Gasteiger partial charge is 0.262 e. The number of aryl methyl sites for hydroxylation is 1. The third kappa shape index (κ3) is 5.64. The van der Waals surface area contributed by atoms with Gasteiger partial charge in [0.1, 0.15) is 11.6 Å². The molecule has 0 spiro atoms. The maximum Gasteiger partial charge on any atom is 0.262 e. The van der Waals surface area contributed by atoms with Gasteiger partial charge >= 0.3 is 0 Å². The Morgan fingerprint density at radius 2 is 1.82 bits per heavy atom. The van der Waals surface area contributed by atoms with Crippen molar-refractivity contribution >= 4 is 40.1 Å². The van der Waals surface area contributed by atoms with E-state index >= 15 is 0 Å². The van der Waals surface area contributed by atoms with Gasteiger partial charge in [-0.15, -0.1) is 0 Å². The number of ether oxygens (including phenoxy) is 1. The number of piperazine rings is 1. The summed E-state index contributed by atoms with van der Waals surface area (Å²) >= 11 is 5.86. The average molecular weight is 470 g/mol. The Morgan fingerprint density at radius 1 is 1.09 bits per heavy atom. The van der Waals surface area contributed by atoms with Crippen LogP contribution in [-0.2, 0) is 23.2 Å². The summed E-state index contributed by atoms with van der Waals surface area (Å²) in [6, 6.07) is 12.6. The van der Waals surface area contributed by atoms with Crippen molar-refractivity contribution in [3.05, 3.63) is 53.3 Å². The Hall–Kier alpha value is -3.10. The van der Waals surface area contributed by atoms with Crippen molar-refractivity contribution in [1.82, 2.24) is 19.4 Å². The minimum atomic E-state index is -0.250. The highest BCUT2D eigenvalue weighted by Crippen LogP contribution is 2.21. The normalized spacial score (nSPS) is 14.5. The van der Waals surface area contributed by atoms with E-state index < -0.39 is 0 Å². The van der Waals surface area contributed by atoms with Crippen molar-refractivity contribution in [3.63, 3.8) is 0 Å². The molecule has 4 rings (SSSR count). The van der Waals surface area contributed by atoms with Crippen LogP contribution < -0.4 is 10.1 Å². The molecule has 2 aromatic carbocycles. The molecule has 0 aliphatic carbocycles. The fourth-order valence-corrected chi connectivity index (χ4v) is 4.05. The van der Waals surface area contributed by atoms with Crippen LogP contribution in [0.5, 0.6) is 5.75 Å². The zero-order valence-electron chi connectivity index (χ0n) is 18.9. The maximum absolute atomic E-state index is 12.3. The number of halogens is 1. The first-order chi connectivity index (χ1) is 15.9. The third-order valence-electron chi connectivity index (χ3n) is 5.83. The zero-order chi connectivity index (χ0) is 23.4. The van der Waals surface area contributed by atoms with Gasteiger partial charge in [0.25, 0.3) is 5.91 Å². The maximum atomic E-state index is 12.3. The second kappa shape index (κ2) is 10.2. The molecule has 0 unspecified atom stereocenters. The number of benzene rings is 2. The lowest BCUT2D eigenvalue weighted by molar-refractivity contribution is -0.132. The SMILES string of the molecule is CCC(=O)N1CCN(Cc2nc3cc(NC(=O)COc4ccc(Cl)cc4)ccc3n2C)CC1. The van der Waals surface area contributed by atoms with Gasteiger partial charge in [0.05, 0.1) is 17.6 Å². The van der Waals surface area contributed by atoms with Gasteiger partial charge in [0, 0.05) is 50.4 Å². The lowest BCUT2D eigenvalue weighted by atomic mass is 10.2. The number of carbonyl (C=O) groups excluding carboxylic acids is 2. The van der Waals surface area contributed by atoms with Gasteiger partial charge in [0.2, 0.25) is 5.91 Å². The molecule has 9 heteroatoms. The number of nitrogens with zero attached hydrogens (tertiary/aromatic N) is 4. The van der Waals surface area contributed by atoms with Crippen molar-refractivity contribution in [3.8, 4) is 5.75 Å². The standard InChI is InChI=1S/C24H28ClN5O3/c1-3-24(32)30-12-10-29(11-13-30)15-22-27-20-14-18(6-9-21(20)28(22)2)26-23(31)16-33-19-7-4-17(25)5-8-19/h4-9,14H,3,10-13,15-16H2,1-2H3,(H,26,31). The van der Waals surface area contributed by atoms with Gasteiger partial charge in [-0.25, -0.2) is 4.98 Å². The van der Waals surface area contributed by atoms with Crippen LogP contribution in [0.2, 0.25) is 5.02 Å². The van der Waals surface area contributed by atoms with Crippen molar-refractivity contribution in [2.24, 2.45) is 7.05 Å². The van der Waals surface area contributed by atoms with Crippen LogP contribution in [0.4, 0.5) is 5.69 Å². The van der Waals surface area contributed by atoms with E-state index in [-0.39, 0.29) is 18.4 Å². The fourth-order valence-electron chi connectivity index (χ4n) is 3.92. The van der Waals surface area contributed by atoms with E-state index in [2.05, 4.69) is 14.8 Å². The Balaban J connectivity index is 1.35. The first-order valence-corrected chi connectivity index (χ1v) is 11.4. The molecule has 1 fully saturated rings. The lowest BCUT2D eigenvalue weighted by Crippen LogP contribution is -2.48. The average Bonchev–Trinajstić information content (AvgIpc) is 3.13. The molecule has 1 saturated heterocycles. The highest BCUT2D eigenvalue weighted by atomic mass is 35.5. The van der Waals surface area contributed by atoms with Crippen molar-refractivity contribution in [2.45, 2.75) is 19.9 Å². The summed E-state index contributed by atoms with van der Waals surface area (Å²) in [5, 5.41) is 3.47.